The quantitative estimate of drug-likeness (QED) is 0.591. The van der Waals surface area contributed by atoms with Crippen molar-refractivity contribution in [2.45, 2.75) is 70.9 Å². The Bertz CT molecular complexity index is 1020. The van der Waals surface area contributed by atoms with Gasteiger partial charge in [0.25, 0.3) is 5.91 Å². The molecule has 0 bridgehead atoms. The first kappa shape index (κ1) is 24.0. The second kappa shape index (κ2) is 10.00. The van der Waals surface area contributed by atoms with Gasteiger partial charge in [0.15, 0.2) is 0 Å². The number of esters is 1. The van der Waals surface area contributed by atoms with Gasteiger partial charge in [0, 0.05) is 24.6 Å². The van der Waals surface area contributed by atoms with Crippen LogP contribution in [0.15, 0.2) is 6.07 Å². The summed E-state index contributed by atoms with van der Waals surface area (Å²) in [6.07, 6.45) is 5.24. The number of nitrogens with one attached hydrogen (secondary N) is 2. The van der Waals surface area contributed by atoms with E-state index in [4.69, 9.17) is 4.74 Å². The van der Waals surface area contributed by atoms with Crippen molar-refractivity contribution >= 4 is 23.6 Å². The van der Waals surface area contributed by atoms with Crippen molar-refractivity contribution in [1.29, 1.82) is 5.26 Å². The van der Waals surface area contributed by atoms with Gasteiger partial charge < -0.3 is 19.9 Å². The van der Waals surface area contributed by atoms with Crippen LogP contribution in [0.1, 0.15) is 78.4 Å². The van der Waals surface area contributed by atoms with Gasteiger partial charge >= 0.3 is 5.97 Å². The molecule has 2 amide bonds. The highest BCUT2D eigenvalue weighted by molar-refractivity contribution is 6.00. The first-order valence-electron chi connectivity index (χ1n) is 12.2. The molecule has 3 fully saturated rings. The molecule has 1 aromatic rings. The lowest BCUT2D eigenvalue weighted by Gasteiger charge is -2.28. The van der Waals surface area contributed by atoms with E-state index in [0.29, 0.717) is 30.6 Å². The number of nitriles is 1. The van der Waals surface area contributed by atoms with E-state index < -0.39 is 18.1 Å². The fraction of sp³-hybridized carbons (Fsp3) is 0.640. The van der Waals surface area contributed by atoms with E-state index in [9.17, 15) is 24.4 Å². The van der Waals surface area contributed by atoms with Crippen LogP contribution in [0.3, 0.4) is 0 Å². The summed E-state index contributed by atoms with van der Waals surface area (Å²) in [7, 11) is 0. The second-order valence-corrected chi connectivity index (χ2v) is 9.68. The molecular weight excluding hydrogens is 436 g/mol. The number of aromatic nitrogens is 1. The Labute approximate surface area is 199 Å². The molecule has 5 unspecified atom stereocenters. The Morgan fingerprint density at radius 2 is 2.09 bits per heavy atom. The molecule has 4 rings (SSSR count). The second-order valence-electron chi connectivity index (χ2n) is 9.68. The first-order valence-corrected chi connectivity index (χ1v) is 12.2. The average molecular weight is 469 g/mol. The third kappa shape index (κ3) is 4.59. The van der Waals surface area contributed by atoms with Crippen LogP contribution < -0.4 is 5.32 Å². The van der Waals surface area contributed by atoms with Crippen molar-refractivity contribution in [2.24, 2.45) is 17.8 Å². The number of fused-ring (bicyclic) bond motifs is 1. The zero-order valence-corrected chi connectivity index (χ0v) is 19.8. The van der Waals surface area contributed by atoms with Gasteiger partial charge in [0.1, 0.15) is 23.6 Å². The summed E-state index contributed by atoms with van der Waals surface area (Å²) in [6, 6.07) is 2.18. The van der Waals surface area contributed by atoms with Crippen molar-refractivity contribution < 1.29 is 23.9 Å². The fourth-order valence-corrected chi connectivity index (χ4v) is 5.92. The molecule has 2 aliphatic carbocycles. The lowest BCUT2D eigenvalue weighted by Crippen LogP contribution is -2.51. The number of rotatable bonds is 7. The molecular formula is C25H32N4O5. The summed E-state index contributed by atoms with van der Waals surface area (Å²) in [6.45, 7) is 4.12. The zero-order valence-electron chi connectivity index (χ0n) is 19.8. The molecule has 34 heavy (non-hydrogen) atoms. The van der Waals surface area contributed by atoms with Crippen LogP contribution in [0.4, 0.5) is 0 Å². The van der Waals surface area contributed by atoms with Crippen molar-refractivity contribution in [3.8, 4) is 6.07 Å². The molecule has 1 aliphatic heterocycles. The number of hydrogen-bond acceptors (Lipinski definition) is 6. The van der Waals surface area contributed by atoms with E-state index in [2.05, 4.69) is 16.4 Å². The minimum atomic E-state index is -0.764. The third-order valence-corrected chi connectivity index (χ3v) is 7.58. The molecule has 3 aliphatic rings. The molecule has 2 heterocycles. The van der Waals surface area contributed by atoms with Gasteiger partial charge in [-0.1, -0.05) is 6.42 Å². The Hall–Kier alpha value is -3.15. The van der Waals surface area contributed by atoms with Crippen LogP contribution >= 0.6 is 0 Å². The van der Waals surface area contributed by atoms with Crippen LogP contribution in [0.25, 0.3) is 0 Å². The summed E-state index contributed by atoms with van der Waals surface area (Å²) in [5, 5.41) is 12.5. The monoisotopic (exact) mass is 468 g/mol. The predicted octanol–water partition coefficient (Wildman–Crippen LogP) is 2.51. The topological polar surface area (TPSA) is 132 Å². The maximum Gasteiger partial charge on any atom is 0.339 e. The number of amides is 2. The number of Topliss-reactive ketones (excluding diaryl/α,β-unsaturated/α-hetero) is 1. The minimum Gasteiger partial charge on any atom is -0.462 e. The lowest BCUT2D eigenvalue weighted by molar-refractivity contribution is -0.127. The highest BCUT2D eigenvalue weighted by Gasteiger charge is 2.50. The molecule has 182 valence electrons. The smallest absolute Gasteiger partial charge is 0.339 e. The van der Waals surface area contributed by atoms with Crippen molar-refractivity contribution in [3.05, 3.63) is 23.0 Å². The Kier molecular flexibility index (Phi) is 7.05. The van der Waals surface area contributed by atoms with Crippen LogP contribution in [0, 0.1) is 36.0 Å². The molecule has 1 saturated heterocycles. The minimum absolute atomic E-state index is 0.0389. The molecule has 2 N–H and O–H groups in total. The molecule has 2 saturated carbocycles. The van der Waals surface area contributed by atoms with E-state index in [0.717, 1.165) is 32.1 Å². The average Bonchev–Trinajstić information content (AvgIpc) is 3.57. The predicted molar refractivity (Wildman–Crippen MR) is 122 cm³/mol. The van der Waals surface area contributed by atoms with E-state index in [1.807, 2.05) is 0 Å². The van der Waals surface area contributed by atoms with Gasteiger partial charge in [-0.2, -0.15) is 5.26 Å². The highest BCUT2D eigenvalue weighted by atomic mass is 16.5. The van der Waals surface area contributed by atoms with E-state index >= 15 is 0 Å². The number of carbonyl (C=O) groups is 4. The van der Waals surface area contributed by atoms with E-state index in [1.54, 1.807) is 18.7 Å². The number of hydrogen-bond donors (Lipinski definition) is 2. The SMILES string of the molecule is CCOC(=O)c1cc(C(=O)N2CC3CCCC3C2C(=O)NC(C#N)CC2CCCC2=O)[nH]c1C. The van der Waals surface area contributed by atoms with Gasteiger partial charge in [-0.25, -0.2) is 4.79 Å². The van der Waals surface area contributed by atoms with Gasteiger partial charge in [0.2, 0.25) is 5.91 Å². The van der Waals surface area contributed by atoms with Crippen molar-refractivity contribution in [3.63, 3.8) is 0 Å². The normalized spacial score (nSPS) is 26.7. The maximum atomic E-state index is 13.5. The third-order valence-electron chi connectivity index (χ3n) is 7.58. The Balaban J connectivity index is 1.52. The van der Waals surface area contributed by atoms with Gasteiger partial charge in [-0.05, 0) is 63.9 Å². The number of likely N-dealkylation sites (tertiary alicyclic amines) is 1. The van der Waals surface area contributed by atoms with Crippen LogP contribution in [-0.4, -0.2) is 58.7 Å². The largest absolute Gasteiger partial charge is 0.462 e. The first-order chi connectivity index (χ1) is 16.3. The summed E-state index contributed by atoms with van der Waals surface area (Å²) in [4.78, 5) is 55.6. The fourth-order valence-electron chi connectivity index (χ4n) is 5.92. The summed E-state index contributed by atoms with van der Waals surface area (Å²) >= 11 is 0. The van der Waals surface area contributed by atoms with Gasteiger partial charge in [-0.15, -0.1) is 0 Å². The number of H-pyrrole nitrogens is 1. The Morgan fingerprint density at radius 1 is 1.29 bits per heavy atom. The number of ether oxygens (including phenoxy) is 1. The molecule has 0 spiro atoms. The molecule has 0 aromatic carbocycles. The number of aryl methyl sites for hydroxylation is 1. The molecule has 5 atom stereocenters. The van der Waals surface area contributed by atoms with Crippen molar-refractivity contribution in [2.75, 3.05) is 13.2 Å². The zero-order chi connectivity index (χ0) is 24.4. The van der Waals surface area contributed by atoms with Crippen molar-refractivity contribution in [1.82, 2.24) is 15.2 Å². The molecule has 0 radical (unpaired) electrons. The van der Waals surface area contributed by atoms with Gasteiger partial charge in [0.05, 0.1) is 18.2 Å². The van der Waals surface area contributed by atoms with Crippen LogP contribution in [0.2, 0.25) is 0 Å². The van der Waals surface area contributed by atoms with Crippen LogP contribution in [-0.2, 0) is 14.3 Å². The van der Waals surface area contributed by atoms with E-state index in [1.165, 1.54) is 6.07 Å². The number of nitrogens with zero attached hydrogens (tertiary/aromatic N) is 2. The molecule has 1 aromatic heterocycles. The molecule has 9 heteroatoms. The number of ketones is 1. The standard InChI is InChI=1S/C25H32N4O5/c1-3-34-25(33)19-11-20(27-14(19)2)24(32)29-13-16-7-4-8-18(16)22(29)23(31)28-17(12-26)10-15-6-5-9-21(15)30/h11,15-18,22,27H,3-10,13H2,1-2H3,(H,28,31). The van der Waals surface area contributed by atoms with Gasteiger partial charge in [-0.3, -0.25) is 14.4 Å². The summed E-state index contributed by atoms with van der Waals surface area (Å²) < 4.78 is 5.06. The highest BCUT2D eigenvalue weighted by Crippen LogP contribution is 2.43. The molecule has 9 nitrogen and oxygen atoms in total. The van der Waals surface area contributed by atoms with E-state index in [-0.39, 0.29) is 47.7 Å². The van der Waals surface area contributed by atoms with Crippen LogP contribution in [0.5, 0.6) is 0 Å². The Morgan fingerprint density at radius 3 is 2.76 bits per heavy atom. The number of aromatic amines is 1. The summed E-state index contributed by atoms with van der Waals surface area (Å²) in [5.74, 6) is -0.937. The summed E-state index contributed by atoms with van der Waals surface area (Å²) in [5.41, 5.74) is 1.08. The lowest BCUT2D eigenvalue weighted by atomic mass is 9.92. The number of carbonyl (C=O) groups excluding carboxylic acids is 4. The maximum absolute atomic E-state index is 13.5.